The van der Waals surface area contributed by atoms with E-state index in [1.807, 2.05) is 50.4 Å². The molecule has 0 bridgehead atoms. The Morgan fingerprint density at radius 1 is 1.24 bits per heavy atom. The Balaban J connectivity index is 2.12. The van der Waals surface area contributed by atoms with Crippen LogP contribution in [-0.2, 0) is 6.54 Å². The third kappa shape index (κ3) is 3.60. The van der Waals surface area contributed by atoms with E-state index in [1.54, 1.807) is 7.11 Å². The monoisotopic (exact) mass is 286 g/mol. The Hall–Kier alpha value is -1.91. The van der Waals surface area contributed by atoms with Crippen LogP contribution in [0.2, 0.25) is 0 Å². The topological polar surface area (TPSA) is 54.4 Å². The van der Waals surface area contributed by atoms with Gasteiger partial charge >= 0.3 is 0 Å². The molecular weight excluding hydrogens is 264 g/mol. The number of nitrogens with one attached hydrogen (secondary N) is 1. The molecule has 1 aromatic heterocycles. The van der Waals surface area contributed by atoms with Crippen molar-refractivity contribution in [2.45, 2.75) is 26.4 Å². The number of aliphatic hydroxyl groups excluding tert-OH is 1. The quantitative estimate of drug-likeness (QED) is 0.857. The number of aliphatic hydroxyl groups is 1. The molecule has 1 atom stereocenters. The van der Waals surface area contributed by atoms with Gasteiger partial charge in [0.2, 0.25) is 0 Å². The van der Waals surface area contributed by atoms with Gasteiger partial charge in [0.05, 0.1) is 25.5 Å². The van der Waals surface area contributed by atoms with E-state index >= 15 is 0 Å². The van der Waals surface area contributed by atoms with E-state index < -0.39 is 0 Å². The van der Waals surface area contributed by atoms with E-state index in [1.165, 1.54) is 0 Å². The molecule has 0 amide bonds. The van der Waals surface area contributed by atoms with Gasteiger partial charge in [-0.15, -0.1) is 0 Å². The summed E-state index contributed by atoms with van der Waals surface area (Å²) < 4.78 is 5.42. The molecule has 0 fully saturated rings. The van der Waals surface area contributed by atoms with E-state index in [9.17, 15) is 5.11 Å². The van der Waals surface area contributed by atoms with Crippen LogP contribution in [0.4, 0.5) is 0 Å². The first kappa shape index (κ1) is 15.5. The summed E-state index contributed by atoms with van der Waals surface area (Å²) in [6.45, 7) is 4.62. The van der Waals surface area contributed by atoms with Gasteiger partial charge in [-0.3, -0.25) is 4.98 Å². The molecule has 4 nitrogen and oxygen atoms in total. The summed E-state index contributed by atoms with van der Waals surface area (Å²) >= 11 is 0. The van der Waals surface area contributed by atoms with E-state index in [0.717, 1.165) is 28.1 Å². The number of aromatic nitrogens is 1. The van der Waals surface area contributed by atoms with Crippen LogP contribution in [0, 0.1) is 13.8 Å². The maximum absolute atomic E-state index is 9.56. The lowest BCUT2D eigenvalue weighted by Crippen LogP contribution is -2.25. The normalized spacial score (nSPS) is 12.2. The molecule has 0 saturated carbocycles. The Bertz CT molecular complexity index is 585. The van der Waals surface area contributed by atoms with Crippen molar-refractivity contribution in [1.82, 2.24) is 10.3 Å². The van der Waals surface area contributed by atoms with Crippen molar-refractivity contribution in [3.8, 4) is 5.75 Å². The molecule has 1 unspecified atom stereocenters. The van der Waals surface area contributed by atoms with Gasteiger partial charge in [-0.05, 0) is 19.4 Å². The number of pyridine rings is 1. The maximum atomic E-state index is 9.56. The summed E-state index contributed by atoms with van der Waals surface area (Å²) in [6, 6.07) is 9.82. The van der Waals surface area contributed by atoms with Crippen LogP contribution in [0.3, 0.4) is 0 Å². The molecule has 2 aromatic rings. The highest BCUT2D eigenvalue weighted by Gasteiger charge is 2.13. The van der Waals surface area contributed by atoms with E-state index in [2.05, 4.69) is 10.3 Å². The predicted octanol–water partition coefficient (Wildman–Crippen LogP) is 2.53. The second-order valence-corrected chi connectivity index (χ2v) is 5.07. The van der Waals surface area contributed by atoms with Crippen molar-refractivity contribution in [1.29, 1.82) is 0 Å². The molecule has 0 aliphatic rings. The van der Waals surface area contributed by atoms with Gasteiger partial charge in [-0.25, -0.2) is 0 Å². The van der Waals surface area contributed by atoms with Crippen LogP contribution >= 0.6 is 0 Å². The summed E-state index contributed by atoms with van der Waals surface area (Å²) in [4.78, 5) is 4.46. The number of methoxy groups -OCH3 is 1. The molecule has 0 saturated heterocycles. The average Bonchev–Trinajstić information content (AvgIpc) is 2.51. The van der Waals surface area contributed by atoms with E-state index in [-0.39, 0.29) is 12.6 Å². The standard InChI is InChI=1S/C17H22N2O2/c1-12-9-18-15(13(2)17(12)21-3)10-19-16(11-20)14-7-5-4-6-8-14/h4-9,16,19-20H,10-11H2,1-3H3. The van der Waals surface area contributed by atoms with Gasteiger partial charge in [0.15, 0.2) is 0 Å². The smallest absolute Gasteiger partial charge is 0.128 e. The number of benzene rings is 1. The molecule has 21 heavy (non-hydrogen) atoms. The highest BCUT2D eigenvalue weighted by atomic mass is 16.5. The predicted molar refractivity (Wildman–Crippen MR) is 83.4 cm³/mol. The van der Waals surface area contributed by atoms with Crippen LogP contribution in [0.5, 0.6) is 5.75 Å². The Morgan fingerprint density at radius 3 is 2.57 bits per heavy atom. The molecule has 0 aliphatic heterocycles. The number of hydrogen-bond donors (Lipinski definition) is 2. The molecular formula is C17H22N2O2. The molecule has 4 heteroatoms. The largest absolute Gasteiger partial charge is 0.496 e. The van der Waals surface area contributed by atoms with Gasteiger partial charge in [0.25, 0.3) is 0 Å². The first-order chi connectivity index (χ1) is 10.2. The zero-order chi connectivity index (χ0) is 15.2. The minimum absolute atomic E-state index is 0.0477. The lowest BCUT2D eigenvalue weighted by atomic mass is 10.1. The first-order valence-corrected chi connectivity index (χ1v) is 7.05. The average molecular weight is 286 g/mol. The van der Waals surface area contributed by atoms with Crippen LogP contribution in [0.15, 0.2) is 36.5 Å². The number of nitrogens with zero attached hydrogens (tertiary/aromatic N) is 1. The molecule has 0 aliphatic carbocycles. The van der Waals surface area contributed by atoms with Crippen molar-refractivity contribution in [2.24, 2.45) is 0 Å². The van der Waals surface area contributed by atoms with Gasteiger partial charge in [0.1, 0.15) is 5.75 Å². The zero-order valence-electron chi connectivity index (χ0n) is 12.8. The third-order valence-electron chi connectivity index (χ3n) is 3.65. The van der Waals surface area contributed by atoms with Crippen molar-refractivity contribution >= 4 is 0 Å². The molecule has 0 spiro atoms. The number of hydrogen-bond acceptors (Lipinski definition) is 4. The highest BCUT2D eigenvalue weighted by Crippen LogP contribution is 2.24. The van der Waals surface area contributed by atoms with Gasteiger partial charge in [-0.2, -0.15) is 0 Å². The van der Waals surface area contributed by atoms with Crippen LogP contribution in [-0.4, -0.2) is 23.8 Å². The fraction of sp³-hybridized carbons (Fsp3) is 0.353. The molecule has 2 rings (SSSR count). The number of rotatable bonds is 6. The minimum atomic E-state index is -0.0975. The van der Waals surface area contributed by atoms with Crippen molar-refractivity contribution < 1.29 is 9.84 Å². The maximum Gasteiger partial charge on any atom is 0.128 e. The summed E-state index contributed by atoms with van der Waals surface area (Å²) in [5.41, 5.74) is 4.07. The van der Waals surface area contributed by atoms with Crippen LogP contribution in [0.25, 0.3) is 0 Å². The van der Waals surface area contributed by atoms with Gasteiger partial charge < -0.3 is 15.2 Å². The van der Waals surface area contributed by atoms with E-state index in [4.69, 9.17) is 4.74 Å². The number of aryl methyl sites for hydroxylation is 1. The van der Waals surface area contributed by atoms with E-state index in [0.29, 0.717) is 6.54 Å². The molecule has 1 heterocycles. The van der Waals surface area contributed by atoms with Crippen molar-refractivity contribution in [2.75, 3.05) is 13.7 Å². The number of ether oxygens (including phenoxy) is 1. The molecule has 112 valence electrons. The summed E-state index contributed by atoms with van der Waals surface area (Å²) in [6.07, 6.45) is 1.82. The third-order valence-corrected chi connectivity index (χ3v) is 3.65. The minimum Gasteiger partial charge on any atom is -0.496 e. The summed E-state index contributed by atoms with van der Waals surface area (Å²) in [5.74, 6) is 0.877. The lowest BCUT2D eigenvalue weighted by molar-refractivity contribution is 0.243. The highest BCUT2D eigenvalue weighted by molar-refractivity contribution is 5.41. The summed E-state index contributed by atoms with van der Waals surface area (Å²) in [7, 11) is 1.67. The van der Waals surface area contributed by atoms with Crippen molar-refractivity contribution in [3.63, 3.8) is 0 Å². The molecule has 1 aromatic carbocycles. The lowest BCUT2D eigenvalue weighted by Gasteiger charge is -2.18. The summed E-state index contributed by atoms with van der Waals surface area (Å²) in [5, 5.41) is 12.9. The Labute approximate surface area is 125 Å². The zero-order valence-corrected chi connectivity index (χ0v) is 12.8. The molecule has 0 radical (unpaired) electrons. The van der Waals surface area contributed by atoms with Crippen molar-refractivity contribution in [3.05, 3.63) is 58.9 Å². The van der Waals surface area contributed by atoms with Gasteiger partial charge in [-0.1, -0.05) is 30.3 Å². The first-order valence-electron chi connectivity index (χ1n) is 7.05. The fourth-order valence-electron chi connectivity index (χ4n) is 2.44. The Morgan fingerprint density at radius 2 is 1.95 bits per heavy atom. The van der Waals surface area contributed by atoms with Crippen LogP contribution in [0.1, 0.15) is 28.4 Å². The van der Waals surface area contributed by atoms with Gasteiger partial charge in [0, 0.05) is 23.9 Å². The second-order valence-electron chi connectivity index (χ2n) is 5.07. The molecule has 2 N–H and O–H groups in total. The van der Waals surface area contributed by atoms with Crippen LogP contribution < -0.4 is 10.1 Å². The Kier molecular flexibility index (Phi) is 5.31. The second kappa shape index (κ2) is 7.20. The SMILES string of the molecule is COc1c(C)cnc(CNC(CO)c2ccccc2)c1C. The fourth-order valence-corrected chi connectivity index (χ4v) is 2.44.